The molecule has 0 aromatic rings. The highest BCUT2D eigenvalue weighted by atomic mass is 16.6. The molecule has 0 saturated heterocycles. The molecule has 0 aliphatic rings. The highest BCUT2D eigenvalue weighted by Gasteiger charge is 2.19. The molecular weight excluding hydrogens is 997 g/mol. The maximum absolute atomic E-state index is 12.9. The molecule has 0 bridgehead atoms. The van der Waals surface area contributed by atoms with E-state index in [0.717, 1.165) is 128 Å². The highest BCUT2D eigenvalue weighted by molar-refractivity contribution is 5.71. The molecule has 6 heteroatoms. The normalized spacial score (nSPS) is 13.2. The fourth-order valence-corrected chi connectivity index (χ4v) is 8.67. The topological polar surface area (TPSA) is 78.9 Å². The van der Waals surface area contributed by atoms with Crippen LogP contribution in [0.5, 0.6) is 0 Å². The molecule has 0 heterocycles. The number of carbonyl (C=O) groups is 3. The van der Waals surface area contributed by atoms with Crippen molar-refractivity contribution in [1.82, 2.24) is 0 Å². The summed E-state index contributed by atoms with van der Waals surface area (Å²) in [5.41, 5.74) is 0. The zero-order valence-electron chi connectivity index (χ0n) is 52.2. The van der Waals surface area contributed by atoms with Crippen molar-refractivity contribution in [3.8, 4) is 0 Å². The van der Waals surface area contributed by atoms with Gasteiger partial charge < -0.3 is 14.2 Å². The molecule has 81 heavy (non-hydrogen) atoms. The Labute approximate surface area is 499 Å². The quantitative estimate of drug-likeness (QED) is 0.0261. The Balaban J connectivity index is 4.41. The van der Waals surface area contributed by atoms with Gasteiger partial charge in [-0.3, -0.25) is 14.4 Å². The fourth-order valence-electron chi connectivity index (χ4n) is 8.67. The van der Waals surface area contributed by atoms with Gasteiger partial charge in [0.2, 0.25) is 0 Å². The molecule has 0 aromatic heterocycles. The zero-order valence-corrected chi connectivity index (χ0v) is 52.2. The van der Waals surface area contributed by atoms with Crippen LogP contribution in [0.2, 0.25) is 0 Å². The first-order chi connectivity index (χ1) is 40.0. The molecule has 0 rings (SSSR count). The van der Waals surface area contributed by atoms with Crippen LogP contribution in [0.25, 0.3) is 0 Å². The van der Waals surface area contributed by atoms with Crippen molar-refractivity contribution in [2.24, 2.45) is 0 Å². The first-order valence-corrected chi connectivity index (χ1v) is 33.0. The number of rotatable bonds is 58. The average molecular weight is 1120 g/mol. The Kier molecular flexibility index (Phi) is 63.4. The van der Waals surface area contributed by atoms with Crippen molar-refractivity contribution < 1.29 is 28.6 Å². The van der Waals surface area contributed by atoms with Gasteiger partial charge in [-0.25, -0.2) is 0 Å². The second kappa shape index (κ2) is 67.5. The van der Waals surface area contributed by atoms with E-state index in [2.05, 4.69) is 179 Å². The molecule has 456 valence electrons. The number of carbonyl (C=O) groups excluding carboxylic acids is 3. The molecule has 0 aliphatic carbocycles. The summed E-state index contributed by atoms with van der Waals surface area (Å²) in [5.74, 6) is -0.969. The van der Waals surface area contributed by atoms with Crippen LogP contribution in [0.4, 0.5) is 0 Å². The smallest absolute Gasteiger partial charge is 0.306 e. The second-order valence-electron chi connectivity index (χ2n) is 21.3. The van der Waals surface area contributed by atoms with Crippen molar-refractivity contribution in [2.45, 2.75) is 284 Å². The van der Waals surface area contributed by atoms with Gasteiger partial charge in [0.25, 0.3) is 0 Å². The van der Waals surface area contributed by atoms with Crippen LogP contribution in [-0.2, 0) is 28.6 Å². The van der Waals surface area contributed by atoms with Crippen LogP contribution in [0, 0.1) is 0 Å². The predicted molar refractivity (Wildman–Crippen MR) is 352 cm³/mol. The van der Waals surface area contributed by atoms with Gasteiger partial charge in [-0.1, -0.05) is 294 Å². The van der Waals surface area contributed by atoms with E-state index in [-0.39, 0.29) is 37.5 Å². The summed E-state index contributed by atoms with van der Waals surface area (Å²) in [4.78, 5) is 38.3. The summed E-state index contributed by atoms with van der Waals surface area (Å²) in [6, 6.07) is 0. The number of allylic oxidation sites excluding steroid dienone is 26. The van der Waals surface area contributed by atoms with E-state index < -0.39 is 6.10 Å². The predicted octanol–water partition coefficient (Wildman–Crippen LogP) is 22.9. The average Bonchev–Trinajstić information content (AvgIpc) is 3.47. The van der Waals surface area contributed by atoms with Crippen molar-refractivity contribution in [1.29, 1.82) is 0 Å². The number of esters is 3. The van der Waals surface area contributed by atoms with Gasteiger partial charge in [0.1, 0.15) is 13.2 Å². The van der Waals surface area contributed by atoms with Crippen LogP contribution in [0.15, 0.2) is 158 Å². The van der Waals surface area contributed by atoms with Crippen molar-refractivity contribution >= 4 is 17.9 Å². The first kappa shape index (κ1) is 76.0. The number of unbranched alkanes of at least 4 members (excludes halogenated alkanes) is 21. The Bertz CT molecular complexity index is 1810. The van der Waals surface area contributed by atoms with E-state index in [1.807, 2.05) is 0 Å². The van der Waals surface area contributed by atoms with Gasteiger partial charge in [0.05, 0.1) is 0 Å². The Morgan fingerprint density at radius 2 is 0.494 bits per heavy atom. The van der Waals surface area contributed by atoms with Crippen LogP contribution >= 0.6 is 0 Å². The minimum Gasteiger partial charge on any atom is -0.462 e. The highest BCUT2D eigenvalue weighted by Crippen LogP contribution is 2.15. The lowest BCUT2D eigenvalue weighted by molar-refractivity contribution is -0.167. The molecule has 0 saturated carbocycles. The lowest BCUT2D eigenvalue weighted by Gasteiger charge is -2.18. The van der Waals surface area contributed by atoms with Crippen molar-refractivity contribution in [2.75, 3.05) is 13.2 Å². The van der Waals surface area contributed by atoms with Crippen molar-refractivity contribution in [3.63, 3.8) is 0 Å². The Morgan fingerprint density at radius 3 is 0.802 bits per heavy atom. The molecule has 0 aromatic carbocycles. The molecule has 0 aliphatic heterocycles. The Hall–Kier alpha value is -4.97. The van der Waals surface area contributed by atoms with E-state index in [4.69, 9.17) is 14.2 Å². The third-order valence-electron chi connectivity index (χ3n) is 13.5. The fraction of sp³-hybridized carbons (Fsp3) is 0.613. The van der Waals surface area contributed by atoms with E-state index in [9.17, 15) is 14.4 Å². The second-order valence-corrected chi connectivity index (χ2v) is 21.3. The molecule has 0 fully saturated rings. The maximum atomic E-state index is 12.9. The summed E-state index contributed by atoms with van der Waals surface area (Å²) in [6.07, 6.45) is 98.3. The van der Waals surface area contributed by atoms with Gasteiger partial charge >= 0.3 is 17.9 Å². The minimum atomic E-state index is -0.810. The molecule has 0 spiro atoms. The monoisotopic (exact) mass is 1120 g/mol. The van der Waals surface area contributed by atoms with Gasteiger partial charge in [0.15, 0.2) is 6.10 Å². The van der Waals surface area contributed by atoms with Crippen LogP contribution in [0.1, 0.15) is 278 Å². The van der Waals surface area contributed by atoms with Gasteiger partial charge in [-0.15, -0.1) is 0 Å². The molecule has 0 amide bonds. The van der Waals surface area contributed by atoms with E-state index in [1.54, 1.807) is 0 Å². The molecular formula is C75H120O6. The summed E-state index contributed by atoms with van der Waals surface area (Å²) in [7, 11) is 0. The van der Waals surface area contributed by atoms with Crippen molar-refractivity contribution in [3.05, 3.63) is 158 Å². The van der Waals surface area contributed by atoms with E-state index >= 15 is 0 Å². The Morgan fingerprint density at radius 1 is 0.259 bits per heavy atom. The minimum absolute atomic E-state index is 0.101. The summed E-state index contributed by atoms with van der Waals surface area (Å²) in [6.45, 7) is 6.36. The lowest BCUT2D eigenvalue weighted by atomic mass is 10.0. The molecule has 0 radical (unpaired) electrons. The van der Waals surface area contributed by atoms with Crippen LogP contribution in [-0.4, -0.2) is 37.2 Å². The summed E-state index contributed by atoms with van der Waals surface area (Å²) < 4.78 is 16.9. The van der Waals surface area contributed by atoms with Crippen LogP contribution < -0.4 is 0 Å². The van der Waals surface area contributed by atoms with Gasteiger partial charge in [-0.2, -0.15) is 0 Å². The first-order valence-electron chi connectivity index (χ1n) is 33.0. The summed E-state index contributed by atoms with van der Waals surface area (Å²) in [5, 5.41) is 0. The lowest BCUT2D eigenvalue weighted by Crippen LogP contribution is -2.30. The zero-order chi connectivity index (χ0) is 58.5. The largest absolute Gasteiger partial charge is 0.462 e. The standard InChI is InChI=1S/C75H120O6/c1-4-7-10-13-16-19-22-24-26-28-30-32-34-35-36-37-38-39-41-42-44-46-48-50-53-56-59-62-65-68-74(77)80-71-72(70-79-73(76)67-64-61-58-55-52-21-18-15-12-9-6-3)81-75(78)69-66-63-60-57-54-51-49-47-45-43-40-33-31-29-27-25-23-20-17-14-11-8-5-2/h7-8,10-11,16-17,19-20,24-27,30-33,35-36,38-39,42,44,48,50,56,59,72H,4-6,9,12-15,18,21-23,28-29,34,37,40-41,43,45-47,49,51-55,57-58,60-71H2,1-3H3/b10-7-,11-8-,19-16-,20-17-,26-24-,27-25-,32-30-,33-31-,36-35-,39-38-,44-42-,50-48-,59-56-. The van der Waals surface area contributed by atoms with Gasteiger partial charge in [0, 0.05) is 19.3 Å². The SMILES string of the molecule is CC/C=C\C/C=C\C/C=C\C/C=C\C/C=C\C/C=C\C/C=C\C/C=C\C/C=C\CCCC(=O)OCC(COC(=O)CCCCCCCCCCCCC)OC(=O)CCCCCCCCCCCC/C=C\C/C=C\C/C=C\C/C=C\CC. The summed E-state index contributed by atoms with van der Waals surface area (Å²) >= 11 is 0. The number of hydrogen-bond donors (Lipinski definition) is 0. The number of hydrogen-bond acceptors (Lipinski definition) is 6. The van der Waals surface area contributed by atoms with Gasteiger partial charge in [-0.05, 0) is 122 Å². The molecule has 0 N–H and O–H groups in total. The maximum Gasteiger partial charge on any atom is 0.306 e. The molecule has 1 atom stereocenters. The number of ether oxygens (including phenoxy) is 3. The van der Waals surface area contributed by atoms with Crippen LogP contribution in [0.3, 0.4) is 0 Å². The third-order valence-corrected chi connectivity index (χ3v) is 13.5. The third kappa shape index (κ3) is 65.7. The van der Waals surface area contributed by atoms with E-state index in [1.165, 1.54) is 103 Å². The molecule has 6 nitrogen and oxygen atoms in total. The molecule has 1 unspecified atom stereocenters. The van der Waals surface area contributed by atoms with E-state index in [0.29, 0.717) is 19.3 Å².